The van der Waals surface area contributed by atoms with E-state index in [1.54, 1.807) is 13.0 Å². The summed E-state index contributed by atoms with van der Waals surface area (Å²) in [7, 11) is 0. The number of amides is 3. The molecule has 0 radical (unpaired) electrons. The quantitative estimate of drug-likeness (QED) is 0.607. The van der Waals surface area contributed by atoms with Crippen LogP contribution in [0.1, 0.15) is 44.9 Å². The highest BCUT2D eigenvalue weighted by Crippen LogP contribution is 2.22. The van der Waals surface area contributed by atoms with Crippen molar-refractivity contribution in [3.05, 3.63) is 18.5 Å². The van der Waals surface area contributed by atoms with Gasteiger partial charge in [-0.2, -0.15) is 0 Å². The molecule has 2 N–H and O–H groups in total. The lowest BCUT2D eigenvalue weighted by Gasteiger charge is -2.23. The first-order valence-corrected chi connectivity index (χ1v) is 9.18. The van der Waals surface area contributed by atoms with Gasteiger partial charge in [0.1, 0.15) is 5.82 Å². The van der Waals surface area contributed by atoms with E-state index < -0.39 is 11.3 Å². The van der Waals surface area contributed by atoms with Gasteiger partial charge in [-0.25, -0.2) is 4.79 Å². The number of thioether (sulfide) groups is 1. The molecule has 1 aliphatic carbocycles. The van der Waals surface area contributed by atoms with Gasteiger partial charge in [-0.15, -0.1) is 16.8 Å². The summed E-state index contributed by atoms with van der Waals surface area (Å²) in [6.45, 7) is 7.89. The summed E-state index contributed by atoms with van der Waals surface area (Å²) < 4.78 is 1.88. The van der Waals surface area contributed by atoms with Crippen molar-refractivity contribution in [3.8, 4) is 0 Å². The summed E-state index contributed by atoms with van der Waals surface area (Å²) >= 11 is 1.28. The van der Waals surface area contributed by atoms with E-state index >= 15 is 0 Å². The fourth-order valence-electron chi connectivity index (χ4n) is 2.68. The Hall–Kier alpha value is -1.83. The minimum absolute atomic E-state index is 0.174. The topological polar surface area (TPSA) is 88.9 Å². The molecule has 132 valence electrons. The van der Waals surface area contributed by atoms with E-state index in [1.807, 2.05) is 11.5 Å². The average Bonchev–Trinajstić information content (AvgIpc) is 2.89. The largest absolute Gasteiger partial charge is 0.335 e. The van der Waals surface area contributed by atoms with Crippen LogP contribution >= 0.6 is 11.8 Å². The maximum absolute atomic E-state index is 12.2. The molecule has 0 aliphatic heterocycles. The number of nitrogens with one attached hydrogen (secondary N) is 2. The number of carbonyl (C=O) groups excluding carboxylic acids is 2. The van der Waals surface area contributed by atoms with Crippen molar-refractivity contribution in [2.45, 2.75) is 68.9 Å². The lowest BCUT2D eigenvalue weighted by atomic mass is 9.96. The number of aromatic nitrogens is 3. The zero-order valence-corrected chi connectivity index (χ0v) is 15.1. The minimum atomic E-state index is -0.450. The number of carbonyl (C=O) groups is 2. The van der Waals surface area contributed by atoms with Crippen LogP contribution in [0.2, 0.25) is 0 Å². The number of urea groups is 1. The van der Waals surface area contributed by atoms with E-state index in [1.165, 1.54) is 18.2 Å². The summed E-state index contributed by atoms with van der Waals surface area (Å²) in [4.78, 5) is 24.2. The van der Waals surface area contributed by atoms with Gasteiger partial charge >= 0.3 is 6.03 Å². The van der Waals surface area contributed by atoms with Crippen molar-refractivity contribution in [1.29, 1.82) is 0 Å². The number of hydrogen-bond acceptors (Lipinski definition) is 5. The zero-order valence-electron chi connectivity index (χ0n) is 14.2. The molecular formula is C16H25N5O2S. The Morgan fingerprint density at radius 1 is 1.38 bits per heavy atom. The lowest BCUT2D eigenvalue weighted by molar-refractivity contribution is -0.119. The third-order valence-electron chi connectivity index (χ3n) is 4.04. The van der Waals surface area contributed by atoms with Gasteiger partial charge in [0.25, 0.3) is 0 Å². The molecule has 3 amide bonds. The molecule has 0 bridgehead atoms. The number of nitrogens with zero attached hydrogens (tertiary/aromatic N) is 3. The van der Waals surface area contributed by atoms with Crippen LogP contribution in [0.5, 0.6) is 0 Å². The van der Waals surface area contributed by atoms with Crippen LogP contribution in [-0.4, -0.2) is 38.0 Å². The molecule has 1 aromatic rings. The Bertz CT molecular complexity index is 595. The van der Waals surface area contributed by atoms with Crippen LogP contribution in [0, 0.1) is 6.92 Å². The molecule has 0 spiro atoms. The number of rotatable bonds is 6. The molecule has 0 aromatic carbocycles. The van der Waals surface area contributed by atoms with Crippen molar-refractivity contribution in [2.75, 3.05) is 0 Å². The van der Waals surface area contributed by atoms with E-state index in [2.05, 4.69) is 27.4 Å². The molecule has 1 heterocycles. The van der Waals surface area contributed by atoms with E-state index in [-0.39, 0.29) is 11.9 Å². The van der Waals surface area contributed by atoms with Crippen molar-refractivity contribution < 1.29 is 9.59 Å². The van der Waals surface area contributed by atoms with Crippen LogP contribution in [-0.2, 0) is 11.3 Å². The first-order chi connectivity index (χ1) is 11.5. The first-order valence-electron chi connectivity index (χ1n) is 8.30. The molecule has 0 saturated heterocycles. The average molecular weight is 351 g/mol. The summed E-state index contributed by atoms with van der Waals surface area (Å²) in [5.74, 6) is 0.430. The van der Waals surface area contributed by atoms with Crippen molar-refractivity contribution >= 4 is 23.7 Å². The van der Waals surface area contributed by atoms with E-state index in [9.17, 15) is 9.59 Å². The fourth-order valence-corrected chi connectivity index (χ4v) is 3.59. The fraction of sp³-hybridized carbons (Fsp3) is 0.625. The summed E-state index contributed by atoms with van der Waals surface area (Å²) in [6.07, 6.45) is 7.19. The lowest BCUT2D eigenvalue weighted by Crippen LogP contribution is -2.47. The van der Waals surface area contributed by atoms with Crippen molar-refractivity contribution in [1.82, 2.24) is 25.4 Å². The Labute approximate surface area is 146 Å². The van der Waals surface area contributed by atoms with E-state index in [0.717, 1.165) is 31.5 Å². The molecule has 1 fully saturated rings. The predicted octanol–water partition coefficient (Wildman–Crippen LogP) is 2.41. The maximum Gasteiger partial charge on any atom is 0.321 e. The summed E-state index contributed by atoms with van der Waals surface area (Å²) in [5.41, 5.74) is 0. The highest BCUT2D eigenvalue weighted by molar-refractivity contribution is 8.00. The van der Waals surface area contributed by atoms with Gasteiger partial charge in [-0.3, -0.25) is 10.1 Å². The Morgan fingerprint density at radius 3 is 2.75 bits per heavy atom. The van der Waals surface area contributed by atoms with Gasteiger partial charge in [0.15, 0.2) is 5.16 Å². The third-order valence-corrected chi connectivity index (χ3v) is 5.12. The standard InChI is InChI=1S/C16H25N5O2S/c1-4-10-21-12(3)19-20-16(21)24-11(2)14(22)18-15(23)17-13-8-6-5-7-9-13/h4,11,13H,1,5-10H2,2-3H3,(H2,17,18,22,23)/t11-/m0/s1. The SMILES string of the molecule is C=CCn1c(C)nnc1S[C@@H](C)C(=O)NC(=O)NC1CCCCC1. The Balaban J connectivity index is 1.85. The van der Waals surface area contributed by atoms with Gasteiger partial charge in [0.05, 0.1) is 5.25 Å². The summed E-state index contributed by atoms with van der Waals surface area (Å²) in [5, 5.41) is 13.6. The number of hydrogen-bond donors (Lipinski definition) is 2. The molecular weight excluding hydrogens is 326 g/mol. The second-order valence-corrected chi connectivity index (χ2v) is 7.29. The molecule has 1 atom stereocenters. The first kappa shape index (κ1) is 18.5. The van der Waals surface area contributed by atoms with Crippen molar-refractivity contribution in [2.24, 2.45) is 0 Å². The molecule has 1 aliphatic rings. The number of imide groups is 1. The highest BCUT2D eigenvalue weighted by Gasteiger charge is 2.22. The van der Waals surface area contributed by atoms with Gasteiger partial charge in [0, 0.05) is 12.6 Å². The molecule has 2 rings (SSSR count). The van der Waals surface area contributed by atoms with Gasteiger partial charge in [0.2, 0.25) is 5.91 Å². The van der Waals surface area contributed by atoms with Crippen LogP contribution < -0.4 is 10.6 Å². The van der Waals surface area contributed by atoms with Crippen LogP contribution in [0.25, 0.3) is 0 Å². The second-order valence-electron chi connectivity index (χ2n) is 5.99. The molecule has 8 heteroatoms. The van der Waals surface area contributed by atoms with Gasteiger partial charge < -0.3 is 9.88 Å². The predicted molar refractivity (Wildman–Crippen MR) is 93.8 cm³/mol. The smallest absolute Gasteiger partial charge is 0.321 e. The van der Waals surface area contributed by atoms with Crippen LogP contribution in [0.4, 0.5) is 4.79 Å². The molecule has 7 nitrogen and oxygen atoms in total. The van der Waals surface area contributed by atoms with Gasteiger partial charge in [-0.1, -0.05) is 37.1 Å². The van der Waals surface area contributed by atoms with E-state index in [4.69, 9.17) is 0 Å². The number of allylic oxidation sites excluding steroid dienone is 1. The Morgan fingerprint density at radius 2 is 2.08 bits per heavy atom. The van der Waals surface area contributed by atoms with Crippen molar-refractivity contribution in [3.63, 3.8) is 0 Å². The normalized spacial score (nSPS) is 16.4. The highest BCUT2D eigenvalue weighted by atomic mass is 32.2. The maximum atomic E-state index is 12.2. The van der Waals surface area contributed by atoms with E-state index in [0.29, 0.717) is 11.7 Å². The molecule has 1 saturated carbocycles. The molecule has 1 aromatic heterocycles. The minimum Gasteiger partial charge on any atom is -0.335 e. The zero-order chi connectivity index (χ0) is 17.5. The summed E-state index contributed by atoms with van der Waals surface area (Å²) in [6, 6.07) is -0.240. The second kappa shape index (κ2) is 8.86. The van der Waals surface area contributed by atoms with Gasteiger partial charge in [-0.05, 0) is 26.7 Å². The molecule has 24 heavy (non-hydrogen) atoms. The van der Waals surface area contributed by atoms with Crippen LogP contribution in [0.3, 0.4) is 0 Å². The number of aryl methyl sites for hydroxylation is 1. The monoisotopic (exact) mass is 351 g/mol. The third kappa shape index (κ3) is 5.09. The molecule has 0 unspecified atom stereocenters. The van der Waals surface area contributed by atoms with Crippen LogP contribution in [0.15, 0.2) is 17.8 Å². The Kier molecular flexibility index (Phi) is 6.84.